The molecule has 0 amide bonds. The van der Waals surface area contributed by atoms with Crippen molar-refractivity contribution in [3.8, 4) is 11.1 Å². The SMILES string of the molecule is O=c1nc(N2CCCc3ccc(-c4cccc(Cl)c4)cc32)c2cccnc2n1O. The Morgan fingerprint density at radius 3 is 2.76 bits per heavy atom. The highest BCUT2D eigenvalue weighted by Crippen LogP contribution is 2.37. The third-order valence-electron chi connectivity index (χ3n) is 5.23. The number of aromatic nitrogens is 3. The van der Waals surface area contributed by atoms with Crippen LogP contribution in [0.4, 0.5) is 11.5 Å². The third-order valence-corrected chi connectivity index (χ3v) is 5.46. The van der Waals surface area contributed by atoms with Crippen molar-refractivity contribution in [2.75, 3.05) is 11.4 Å². The van der Waals surface area contributed by atoms with Crippen molar-refractivity contribution in [1.29, 1.82) is 0 Å². The number of anilines is 2. The molecule has 0 spiro atoms. The normalized spacial score (nSPS) is 13.5. The summed E-state index contributed by atoms with van der Waals surface area (Å²) in [7, 11) is 0. The van der Waals surface area contributed by atoms with E-state index in [9.17, 15) is 10.0 Å². The van der Waals surface area contributed by atoms with Gasteiger partial charge < -0.3 is 10.1 Å². The van der Waals surface area contributed by atoms with Crippen LogP contribution in [0, 0.1) is 0 Å². The number of pyridine rings is 1. The first-order chi connectivity index (χ1) is 14.1. The molecule has 0 saturated heterocycles. The molecule has 2 aromatic carbocycles. The fourth-order valence-corrected chi connectivity index (χ4v) is 4.07. The fourth-order valence-electron chi connectivity index (χ4n) is 3.88. The first-order valence-electron chi connectivity index (χ1n) is 9.35. The van der Waals surface area contributed by atoms with E-state index in [0.29, 0.717) is 21.0 Å². The lowest BCUT2D eigenvalue weighted by Gasteiger charge is -2.31. The van der Waals surface area contributed by atoms with Crippen LogP contribution >= 0.6 is 11.6 Å². The molecule has 0 radical (unpaired) electrons. The Morgan fingerprint density at radius 2 is 1.90 bits per heavy atom. The van der Waals surface area contributed by atoms with Gasteiger partial charge in [0.1, 0.15) is 5.82 Å². The summed E-state index contributed by atoms with van der Waals surface area (Å²) in [6, 6.07) is 17.6. The lowest BCUT2D eigenvalue weighted by atomic mass is 9.96. The second kappa shape index (κ2) is 6.90. The Hall–Kier alpha value is -3.38. The van der Waals surface area contributed by atoms with Gasteiger partial charge in [0.25, 0.3) is 0 Å². The van der Waals surface area contributed by atoms with Crippen LogP contribution in [0.5, 0.6) is 0 Å². The molecule has 1 N–H and O–H groups in total. The monoisotopic (exact) mass is 404 g/mol. The van der Waals surface area contributed by atoms with Crippen molar-refractivity contribution >= 4 is 34.1 Å². The minimum absolute atomic E-state index is 0.195. The topological polar surface area (TPSA) is 71.2 Å². The summed E-state index contributed by atoms with van der Waals surface area (Å²) in [6.07, 6.45) is 3.43. The van der Waals surface area contributed by atoms with E-state index in [1.165, 1.54) is 5.56 Å². The van der Waals surface area contributed by atoms with Crippen LogP contribution in [0.2, 0.25) is 5.02 Å². The zero-order valence-electron chi connectivity index (χ0n) is 15.4. The molecule has 1 aliphatic rings. The Balaban J connectivity index is 1.71. The molecule has 0 atom stereocenters. The number of benzene rings is 2. The Morgan fingerprint density at radius 1 is 1.03 bits per heavy atom. The van der Waals surface area contributed by atoms with Crippen LogP contribution in [0.25, 0.3) is 22.2 Å². The average Bonchev–Trinajstić information content (AvgIpc) is 2.75. The van der Waals surface area contributed by atoms with Gasteiger partial charge in [-0.3, -0.25) is 0 Å². The molecule has 144 valence electrons. The summed E-state index contributed by atoms with van der Waals surface area (Å²) in [4.78, 5) is 22.6. The molecule has 4 aromatic rings. The van der Waals surface area contributed by atoms with Gasteiger partial charge in [0.15, 0.2) is 5.65 Å². The summed E-state index contributed by atoms with van der Waals surface area (Å²) in [5.74, 6) is 0.507. The van der Waals surface area contributed by atoms with Crippen LogP contribution in [0.3, 0.4) is 0 Å². The molecular formula is C22H17ClN4O2. The fraction of sp³-hybridized carbons (Fsp3) is 0.136. The Bertz CT molecular complexity index is 1300. The molecule has 0 fully saturated rings. The average molecular weight is 405 g/mol. The van der Waals surface area contributed by atoms with E-state index in [0.717, 1.165) is 36.2 Å². The Labute approximate surface area is 171 Å². The second-order valence-corrected chi connectivity index (χ2v) is 7.45. The summed E-state index contributed by atoms with van der Waals surface area (Å²) in [5, 5.41) is 11.3. The first kappa shape index (κ1) is 17.7. The van der Waals surface area contributed by atoms with Gasteiger partial charge in [-0.15, -0.1) is 4.73 Å². The maximum Gasteiger partial charge on any atom is 0.384 e. The van der Waals surface area contributed by atoms with Gasteiger partial charge in [-0.25, -0.2) is 9.78 Å². The summed E-state index contributed by atoms with van der Waals surface area (Å²) >= 11 is 6.17. The number of hydrogen-bond acceptors (Lipinski definition) is 5. The predicted molar refractivity (Wildman–Crippen MR) is 113 cm³/mol. The smallest absolute Gasteiger partial charge is 0.384 e. The lowest BCUT2D eigenvalue weighted by Crippen LogP contribution is -2.30. The van der Waals surface area contributed by atoms with Crippen LogP contribution in [0.1, 0.15) is 12.0 Å². The van der Waals surface area contributed by atoms with E-state index in [4.69, 9.17) is 11.6 Å². The van der Waals surface area contributed by atoms with Crippen molar-refractivity contribution < 1.29 is 5.21 Å². The highest BCUT2D eigenvalue weighted by molar-refractivity contribution is 6.30. The van der Waals surface area contributed by atoms with Crippen LogP contribution in [-0.4, -0.2) is 26.5 Å². The molecule has 0 aliphatic carbocycles. The van der Waals surface area contributed by atoms with Gasteiger partial charge in [-0.2, -0.15) is 4.98 Å². The zero-order valence-corrected chi connectivity index (χ0v) is 16.2. The standard InChI is InChI=1S/C22H17ClN4O2/c23-17-6-1-4-15(12-17)16-9-8-14-5-3-11-26(19(14)13-16)21-18-7-2-10-24-20(18)27(29)22(28)25-21/h1-2,4,6-10,12-13,29H,3,5,11H2. The van der Waals surface area contributed by atoms with Crippen molar-refractivity contribution in [2.24, 2.45) is 0 Å². The number of rotatable bonds is 2. The molecule has 6 nitrogen and oxygen atoms in total. The van der Waals surface area contributed by atoms with Gasteiger partial charge >= 0.3 is 5.69 Å². The quantitative estimate of drug-likeness (QED) is 0.500. The van der Waals surface area contributed by atoms with E-state index in [1.807, 2.05) is 35.2 Å². The third kappa shape index (κ3) is 3.02. The molecule has 5 rings (SSSR count). The van der Waals surface area contributed by atoms with Crippen LogP contribution < -0.4 is 10.6 Å². The molecule has 3 heterocycles. The molecule has 2 aromatic heterocycles. The first-order valence-corrected chi connectivity index (χ1v) is 9.73. The molecule has 0 unspecified atom stereocenters. The maximum atomic E-state index is 12.3. The predicted octanol–water partition coefficient (Wildman–Crippen LogP) is 4.43. The number of nitrogens with zero attached hydrogens (tertiary/aromatic N) is 4. The van der Waals surface area contributed by atoms with Crippen LogP contribution in [0.15, 0.2) is 65.6 Å². The van der Waals surface area contributed by atoms with E-state index >= 15 is 0 Å². The van der Waals surface area contributed by atoms with Crippen molar-refractivity contribution in [3.05, 3.63) is 81.9 Å². The van der Waals surface area contributed by atoms with Crippen molar-refractivity contribution in [3.63, 3.8) is 0 Å². The number of fused-ring (bicyclic) bond motifs is 2. The minimum Gasteiger partial charge on any atom is -0.422 e. The van der Waals surface area contributed by atoms with Crippen molar-refractivity contribution in [1.82, 2.24) is 14.7 Å². The molecule has 0 bridgehead atoms. The van der Waals surface area contributed by atoms with Gasteiger partial charge in [-0.05, 0) is 59.9 Å². The lowest BCUT2D eigenvalue weighted by molar-refractivity contribution is 0.182. The van der Waals surface area contributed by atoms with E-state index in [-0.39, 0.29) is 5.65 Å². The van der Waals surface area contributed by atoms with Crippen molar-refractivity contribution in [2.45, 2.75) is 12.8 Å². The molecule has 0 saturated carbocycles. The summed E-state index contributed by atoms with van der Waals surface area (Å²) in [5.41, 5.74) is 3.70. The highest BCUT2D eigenvalue weighted by atomic mass is 35.5. The molecule has 1 aliphatic heterocycles. The second-order valence-electron chi connectivity index (χ2n) is 7.01. The van der Waals surface area contributed by atoms with Gasteiger partial charge in [0.05, 0.1) is 5.39 Å². The van der Waals surface area contributed by atoms with E-state index < -0.39 is 5.69 Å². The summed E-state index contributed by atoms with van der Waals surface area (Å²) in [6.45, 7) is 0.720. The highest BCUT2D eigenvalue weighted by Gasteiger charge is 2.23. The largest absolute Gasteiger partial charge is 0.422 e. The number of halogens is 1. The van der Waals surface area contributed by atoms with Crippen LogP contribution in [-0.2, 0) is 6.42 Å². The molecular weight excluding hydrogens is 388 g/mol. The van der Waals surface area contributed by atoms with Gasteiger partial charge in [0, 0.05) is 23.5 Å². The van der Waals surface area contributed by atoms with E-state index in [1.54, 1.807) is 12.3 Å². The number of hydrogen-bond donors (Lipinski definition) is 1. The van der Waals surface area contributed by atoms with Gasteiger partial charge in [-0.1, -0.05) is 35.9 Å². The maximum absolute atomic E-state index is 12.3. The molecule has 29 heavy (non-hydrogen) atoms. The van der Waals surface area contributed by atoms with E-state index in [2.05, 4.69) is 28.2 Å². The number of aryl methyl sites for hydroxylation is 1. The Kier molecular flexibility index (Phi) is 4.21. The molecule has 7 heteroatoms. The minimum atomic E-state index is -0.746. The zero-order chi connectivity index (χ0) is 20.0. The van der Waals surface area contributed by atoms with Gasteiger partial charge in [0.2, 0.25) is 0 Å². The summed E-state index contributed by atoms with van der Waals surface area (Å²) < 4.78 is 0.492.